The number of piperazine rings is 1. The van der Waals surface area contributed by atoms with Gasteiger partial charge in [0.1, 0.15) is 6.54 Å². The zero-order valence-corrected chi connectivity index (χ0v) is 17.2. The first-order valence-corrected chi connectivity index (χ1v) is 10.7. The fourth-order valence-electron chi connectivity index (χ4n) is 4.33. The molecule has 1 aromatic carbocycles. The molecule has 1 heterocycles. The highest BCUT2D eigenvalue weighted by molar-refractivity contribution is 6.30. The van der Waals surface area contributed by atoms with E-state index in [-0.39, 0.29) is 36.1 Å². The van der Waals surface area contributed by atoms with Gasteiger partial charge in [0.15, 0.2) is 0 Å². The first kappa shape index (κ1) is 20.2. The maximum Gasteiger partial charge on any atom is 0.246 e. The van der Waals surface area contributed by atoms with Crippen LogP contribution in [0.25, 0.3) is 0 Å². The number of halogens is 1. The van der Waals surface area contributed by atoms with Crippen LogP contribution in [0.3, 0.4) is 0 Å². The fourth-order valence-corrected chi connectivity index (χ4v) is 4.45. The van der Waals surface area contributed by atoms with Gasteiger partial charge in [-0.1, -0.05) is 24.4 Å². The number of anilines is 1. The Labute approximate surface area is 175 Å². The number of hydrogen-bond donors (Lipinski definition) is 2. The highest BCUT2D eigenvalue weighted by Gasteiger charge is 2.45. The van der Waals surface area contributed by atoms with Gasteiger partial charge in [-0.15, -0.1) is 0 Å². The Kier molecular flexibility index (Phi) is 5.53. The van der Waals surface area contributed by atoms with Crippen LogP contribution in [0.1, 0.15) is 38.5 Å². The molecule has 0 aromatic heterocycles. The molecule has 3 amide bonds. The highest BCUT2D eigenvalue weighted by Crippen LogP contribution is 2.35. The summed E-state index contributed by atoms with van der Waals surface area (Å²) in [7, 11) is 0. The molecular formula is C21H27ClN4O3. The molecule has 3 aliphatic rings. The standard InChI is InChI=1S/C21H27ClN4O3/c22-14-5-7-15(8-6-14)26-12-11-25(13-18(26)27)20(29)17-4-2-1-3-16(17)19(28)24-21(23)9-10-21/h5-8,16-17H,1-4,9-13,23H2,(H,24,28)/t16-,17-/m1/s1. The van der Waals surface area contributed by atoms with Gasteiger partial charge in [0.05, 0.1) is 5.66 Å². The smallest absolute Gasteiger partial charge is 0.246 e. The molecule has 1 saturated heterocycles. The van der Waals surface area contributed by atoms with E-state index in [2.05, 4.69) is 5.32 Å². The minimum Gasteiger partial charge on any atom is -0.338 e. The summed E-state index contributed by atoms with van der Waals surface area (Å²) >= 11 is 5.92. The third-order valence-electron chi connectivity index (χ3n) is 6.25. The SMILES string of the molecule is NC1(NC(=O)[C@@H]2CCCC[C@H]2C(=O)N2CCN(c3ccc(Cl)cc3)C(=O)C2)CC1. The number of nitrogens with zero attached hydrogens (tertiary/aromatic N) is 2. The van der Waals surface area contributed by atoms with Crippen LogP contribution in [0.4, 0.5) is 5.69 Å². The topological polar surface area (TPSA) is 95.7 Å². The number of nitrogens with one attached hydrogen (secondary N) is 1. The van der Waals surface area contributed by atoms with Gasteiger partial charge in [0, 0.05) is 35.6 Å². The van der Waals surface area contributed by atoms with Gasteiger partial charge in [-0.05, 0) is 49.9 Å². The van der Waals surface area contributed by atoms with Crippen LogP contribution in [-0.4, -0.2) is 47.9 Å². The molecular weight excluding hydrogens is 392 g/mol. The quantitative estimate of drug-likeness (QED) is 0.730. The van der Waals surface area contributed by atoms with E-state index in [1.165, 1.54) is 0 Å². The summed E-state index contributed by atoms with van der Waals surface area (Å²) < 4.78 is 0. The summed E-state index contributed by atoms with van der Waals surface area (Å²) in [6.45, 7) is 0.924. The average Bonchev–Trinajstić information content (AvgIpc) is 3.44. The van der Waals surface area contributed by atoms with E-state index in [1.807, 2.05) is 0 Å². The van der Waals surface area contributed by atoms with Gasteiger partial charge in [0.2, 0.25) is 17.7 Å². The van der Waals surface area contributed by atoms with E-state index >= 15 is 0 Å². The van der Waals surface area contributed by atoms with Crippen LogP contribution in [0.5, 0.6) is 0 Å². The van der Waals surface area contributed by atoms with Crippen LogP contribution < -0.4 is 16.0 Å². The van der Waals surface area contributed by atoms with E-state index < -0.39 is 5.66 Å². The Bertz CT molecular complexity index is 809. The monoisotopic (exact) mass is 418 g/mol. The van der Waals surface area contributed by atoms with E-state index in [0.29, 0.717) is 31.0 Å². The van der Waals surface area contributed by atoms with Crippen molar-refractivity contribution in [3.8, 4) is 0 Å². The molecule has 4 rings (SSSR count). The number of hydrogen-bond acceptors (Lipinski definition) is 4. The largest absolute Gasteiger partial charge is 0.338 e. The Morgan fingerprint density at radius 2 is 1.72 bits per heavy atom. The van der Waals surface area contributed by atoms with Crippen molar-refractivity contribution in [3.05, 3.63) is 29.3 Å². The van der Waals surface area contributed by atoms with Crippen molar-refractivity contribution in [1.82, 2.24) is 10.2 Å². The Morgan fingerprint density at radius 3 is 2.34 bits per heavy atom. The van der Waals surface area contributed by atoms with Crippen molar-refractivity contribution < 1.29 is 14.4 Å². The second kappa shape index (κ2) is 7.95. The summed E-state index contributed by atoms with van der Waals surface area (Å²) in [5, 5.41) is 3.52. The average molecular weight is 419 g/mol. The molecule has 3 N–H and O–H groups in total. The zero-order valence-electron chi connectivity index (χ0n) is 16.4. The van der Waals surface area contributed by atoms with Gasteiger partial charge in [-0.3, -0.25) is 14.4 Å². The van der Waals surface area contributed by atoms with Crippen molar-refractivity contribution in [2.45, 2.75) is 44.2 Å². The van der Waals surface area contributed by atoms with Crippen LogP contribution in [0.15, 0.2) is 24.3 Å². The third kappa shape index (κ3) is 4.41. The minimum absolute atomic E-state index is 0.0348. The molecule has 2 saturated carbocycles. The second-order valence-corrected chi connectivity index (χ2v) is 8.86. The minimum atomic E-state index is -0.581. The lowest BCUT2D eigenvalue weighted by molar-refractivity contribution is -0.146. The number of rotatable bonds is 4. The first-order chi connectivity index (χ1) is 13.9. The van der Waals surface area contributed by atoms with E-state index in [4.69, 9.17) is 17.3 Å². The molecule has 1 aliphatic heterocycles. The van der Waals surface area contributed by atoms with Crippen molar-refractivity contribution in [2.24, 2.45) is 17.6 Å². The van der Waals surface area contributed by atoms with E-state index in [1.54, 1.807) is 34.1 Å². The zero-order chi connectivity index (χ0) is 20.6. The lowest BCUT2D eigenvalue weighted by atomic mass is 9.77. The van der Waals surface area contributed by atoms with E-state index in [9.17, 15) is 14.4 Å². The van der Waals surface area contributed by atoms with Crippen molar-refractivity contribution in [3.63, 3.8) is 0 Å². The molecule has 0 spiro atoms. The molecule has 3 fully saturated rings. The Hall–Kier alpha value is -2.12. The van der Waals surface area contributed by atoms with Crippen LogP contribution in [-0.2, 0) is 14.4 Å². The van der Waals surface area contributed by atoms with Gasteiger partial charge < -0.3 is 20.9 Å². The number of carbonyl (C=O) groups is 3. The van der Waals surface area contributed by atoms with Crippen LogP contribution >= 0.6 is 11.6 Å². The summed E-state index contributed by atoms with van der Waals surface area (Å²) in [6, 6.07) is 7.10. The molecule has 0 bridgehead atoms. The number of nitrogens with two attached hydrogens (primary N) is 1. The second-order valence-electron chi connectivity index (χ2n) is 8.42. The molecule has 156 valence electrons. The summed E-state index contributed by atoms with van der Waals surface area (Å²) in [5.41, 5.74) is 6.23. The molecule has 2 aliphatic carbocycles. The summed E-state index contributed by atoms with van der Waals surface area (Å²) in [6.07, 6.45) is 4.79. The molecule has 7 nitrogen and oxygen atoms in total. The first-order valence-electron chi connectivity index (χ1n) is 10.3. The Morgan fingerprint density at radius 1 is 1.07 bits per heavy atom. The molecule has 0 radical (unpaired) electrons. The third-order valence-corrected chi connectivity index (χ3v) is 6.50. The predicted molar refractivity (Wildman–Crippen MR) is 110 cm³/mol. The molecule has 0 unspecified atom stereocenters. The number of carbonyl (C=O) groups excluding carboxylic acids is 3. The van der Waals surface area contributed by atoms with Gasteiger partial charge in [-0.2, -0.15) is 0 Å². The fraction of sp³-hybridized carbons (Fsp3) is 0.571. The highest BCUT2D eigenvalue weighted by atomic mass is 35.5. The molecule has 29 heavy (non-hydrogen) atoms. The van der Waals surface area contributed by atoms with Crippen molar-refractivity contribution in [1.29, 1.82) is 0 Å². The van der Waals surface area contributed by atoms with Gasteiger partial charge in [-0.25, -0.2) is 0 Å². The predicted octanol–water partition coefficient (Wildman–Crippen LogP) is 1.89. The normalized spacial score (nSPS) is 26.2. The summed E-state index contributed by atoms with van der Waals surface area (Å²) in [5.74, 6) is -1.06. The number of benzene rings is 1. The van der Waals surface area contributed by atoms with Crippen LogP contribution in [0.2, 0.25) is 5.02 Å². The van der Waals surface area contributed by atoms with Gasteiger partial charge in [0.25, 0.3) is 0 Å². The maximum atomic E-state index is 13.2. The lowest BCUT2D eigenvalue weighted by Crippen LogP contribution is -2.56. The van der Waals surface area contributed by atoms with E-state index in [0.717, 1.165) is 31.4 Å². The van der Waals surface area contributed by atoms with Crippen LogP contribution in [0, 0.1) is 11.8 Å². The Balaban J connectivity index is 1.41. The van der Waals surface area contributed by atoms with Gasteiger partial charge >= 0.3 is 0 Å². The molecule has 1 aromatic rings. The molecule has 2 atom stereocenters. The summed E-state index contributed by atoms with van der Waals surface area (Å²) in [4.78, 5) is 41.9. The number of amides is 3. The van der Waals surface area contributed by atoms with Crippen molar-refractivity contribution >= 4 is 35.0 Å². The lowest BCUT2D eigenvalue weighted by Gasteiger charge is -2.38. The maximum absolute atomic E-state index is 13.2. The molecule has 8 heteroatoms. The van der Waals surface area contributed by atoms with Crippen molar-refractivity contribution in [2.75, 3.05) is 24.5 Å².